The van der Waals surface area contributed by atoms with Crippen molar-refractivity contribution in [1.29, 1.82) is 5.26 Å². The number of nitrogens with zero attached hydrogens (tertiary/aromatic N) is 2. The third-order valence-corrected chi connectivity index (χ3v) is 2.12. The molecule has 0 fully saturated rings. The maximum Gasteiger partial charge on any atom is 0.137 e. The number of ketones is 1. The van der Waals surface area contributed by atoms with Gasteiger partial charge in [-0.15, -0.1) is 0 Å². The van der Waals surface area contributed by atoms with E-state index in [1.165, 1.54) is 0 Å². The van der Waals surface area contributed by atoms with Gasteiger partial charge in [0.2, 0.25) is 0 Å². The van der Waals surface area contributed by atoms with Crippen molar-refractivity contribution in [3.8, 4) is 6.07 Å². The second kappa shape index (κ2) is 5.13. The molecule has 1 atom stereocenters. The van der Waals surface area contributed by atoms with Crippen LogP contribution < -0.4 is 0 Å². The molecular formula is C11H12N2O. The lowest BCUT2D eigenvalue weighted by molar-refractivity contribution is -0.118. The first-order valence-electron chi connectivity index (χ1n) is 4.53. The first-order valence-corrected chi connectivity index (χ1v) is 4.53. The highest BCUT2D eigenvalue weighted by molar-refractivity contribution is 5.83. The number of carbonyl (C=O) groups excluding carboxylic acids is 1. The largest absolute Gasteiger partial charge is 0.299 e. The Bertz CT molecular complexity index is 340. The van der Waals surface area contributed by atoms with Gasteiger partial charge in [-0.2, -0.15) is 5.26 Å². The Labute approximate surface area is 83.4 Å². The molecule has 14 heavy (non-hydrogen) atoms. The van der Waals surface area contributed by atoms with E-state index >= 15 is 0 Å². The van der Waals surface area contributed by atoms with E-state index in [9.17, 15) is 4.79 Å². The van der Waals surface area contributed by atoms with Crippen LogP contribution in [0.1, 0.15) is 31.2 Å². The summed E-state index contributed by atoms with van der Waals surface area (Å²) in [6.07, 6.45) is 4.34. The highest BCUT2D eigenvalue weighted by Gasteiger charge is 2.15. The van der Waals surface area contributed by atoms with Gasteiger partial charge in [0.05, 0.1) is 6.07 Å². The van der Waals surface area contributed by atoms with E-state index in [0.717, 1.165) is 5.56 Å². The van der Waals surface area contributed by atoms with Gasteiger partial charge in [0.15, 0.2) is 0 Å². The summed E-state index contributed by atoms with van der Waals surface area (Å²) in [5, 5.41) is 8.47. The van der Waals surface area contributed by atoms with Crippen molar-refractivity contribution < 1.29 is 4.79 Å². The van der Waals surface area contributed by atoms with Gasteiger partial charge in [-0.3, -0.25) is 9.78 Å². The summed E-state index contributed by atoms with van der Waals surface area (Å²) >= 11 is 0. The van der Waals surface area contributed by atoms with E-state index in [1.54, 1.807) is 25.4 Å². The summed E-state index contributed by atoms with van der Waals surface area (Å²) in [5.74, 6) is -0.0865. The Balaban J connectivity index is 2.79. The van der Waals surface area contributed by atoms with Crippen LogP contribution in [-0.2, 0) is 4.79 Å². The molecule has 0 saturated heterocycles. The quantitative estimate of drug-likeness (QED) is 0.726. The van der Waals surface area contributed by atoms with E-state index < -0.39 is 0 Å². The minimum atomic E-state index is -0.177. The Morgan fingerprint density at radius 1 is 1.71 bits per heavy atom. The van der Waals surface area contributed by atoms with Crippen LogP contribution in [0.5, 0.6) is 0 Å². The summed E-state index contributed by atoms with van der Waals surface area (Å²) in [4.78, 5) is 15.3. The first-order chi connectivity index (χ1) is 6.75. The fraction of sp³-hybridized carbons (Fsp3) is 0.364. The Morgan fingerprint density at radius 2 is 2.50 bits per heavy atom. The zero-order valence-corrected chi connectivity index (χ0v) is 8.10. The van der Waals surface area contributed by atoms with Gasteiger partial charge in [-0.05, 0) is 25.0 Å². The van der Waals surface area contributed by atoms with Crippen LogP contribution in [0.4, 0.5) is 0 Å². The summed E-state index contributed by atoms with van der Waals surface area (Å²) in [6, 6.07) is 5.72. The number of Topliss-reactive ketones (excluding diaryl/α,β-unsaturated/α-hetero) is 1. The van der Waals surface area contributed by atoms with Gasteiger partial charge in [0.1, 0.15) is 5.78 Å². The van der Waals surface area contributed by atoms with Gasteiger partial charge in [0.25, 0.3) is 0 Å². The summed E-state index contributed by atoms with van der Waals surface area (Å²) in [6.45, 7) is 1.55. The van der Waals surface area contributed by atoms with E-state index in [2.05, 4.69) is 11.1 Å². The Morgan fingerprint density at radius 3 is 3.00 bits per heavy atom. The molecule has 1 unspecified atom stereocenters. The van der Waals surface area contributed by atoms with E-state index in [1.807, 2.05) is 6.07 Å². The van der Waals surface area contributed by atoms with Crippen molar-refractivity contribution in [3.63, 3.8) is 0 Å². The summed E-state index contributed by atoms with van der Waals surface area (Å²) in [5.41, 5.74) is 0.898. The molecule has 0 aromatic carbocycles. The average Bonchev–Trinajstić information content (AvgIpc) is 2.19. The number of hydrogen-bond donors (Lipinski definition) is 0. The molecule has 1 aromatic rings. The predicted octanol–water partition coefficient (Wildman–Crippen LogP) is 2.06. The number of pyridine rings is 1. The standard InChI is InChI=1S/C11H12N2O/c1-9(14)11(5-2-6-12)10-4-3-7-13-8-10/h3-4,7-8,11H,2,5H2,1H3. The fourth-order valence-corrected chi connectivity index (χ4v) is 1.40. The predicted molar refractivity (Wildman–Crippen MR) is 52.5 cm³/mol. The van der Waals surface area contributed by atoms with E-state index in [-0.39, 0.29) is 11.7 Å². The summed E-state index contributed by atoms with van der Waals surface area (Å²) in [7, 11) is 0. The van der Waals surface area contributed by atoms with Crippen molar-refractivity contribution in [2.75, 3.05) is 0 Å². The number of nitriles is 1. The molecule has 0 bridgehead atoms. The third kappa shape index (κ3) is 2.67. The topological polar surface area (TPSA) is 53.8 Å². The molecule has 0 amide bonds. The van der Waals surface area contributed by atoms with Crippen LogP contribution in [0.3, 0.4) is 0 Å². The lowest BCUT2D eigenvalue weighted by Gasteiger charge is -2.11. The van der Waals surface area contributed by atoms with Crippen molar-refractivity contribution >= 4 is 5.78 Å². The van der Waals surface area contributed by atoms with Crippen molar-refractivity contribution in [3.05, 3.63) is 30.1 Å². The van der Waals surface area contributed by atoms with Crippen LogP contribution in [-0.4, -0.2) is 10.8 Å². The van der Waals surface area contributed by atoms with Crippen LogP contribution >= 0.6 is 0 Å². The van der Waals surface area contributed by atoms with Crippen molar-refractivity contribution in [1.82, 2.24) is 4.98 Å². The third-order valence-electron chi connectivity index (χ3n) is 2.12. The summed E-state index contributed by atoms with van der Waals surface area (Å²) < 4.78 is 0. The molecule has 0 N–H and O–H groups in total. The monoisotopic (exact) mass is 188 g/mol. The van der Waals surface area contributed by atoms with Gasteiger partial charge in [-0.25, -0.2) is 0 Å². The molecule has 0 aliphatic rings. The highest BCUT2D eigenvalue weighted by atomic mass is 16.1. The molecule has 3 nitrogen and oxygen atoms in total. The van der Waals surface area contributed by atoms with Gasteiger partial charge in [0, 0.05) is 24.7 Å². The van der Waals surface area contributed by atoms with Crippen LogP contribution in [0.25, 0.3) is 0 Å². The molecular weight excluding hydrogens is 176 g/mol. The van der Waals surface area contributed by atoms with Crippen LogP contribution in [0, 0.1) is 11.3 Å². The van der Waals surface area contributed by atoms with Crippen LogP contribution in [0.15, 0.2) is 24.5 Å². The molecule has 0 aliphatic carbocycles. The molecule has 0 aliphatic heterocycles. The zero-order chi connectivity index (χ0) is 10.4. The molecule has 1 rings (SSSR count). The minimum Gasteiger partial charge on any atom is -0.299 e. The van der Waals surface area contributed by atoms with Gasteiger partial charge in [-0.1, -0.05) is 6.07 Å². The first kappa shape index (κ1) is 10.4. The maximum absolute atomic E-state index is 11.3. The molecule has 0 radical (unpaired) electrons. The fourth-order valence-electron chi connectivity index (χ4n) is 1.40. The highest BCUT2D eigenvalue weighted by Crippen LogP contribution is 2.20. The van der Waals surface area contributed by atoms with Gasteiger partial charge >= 0.3 is 0 Å². The molecule has 72 valence electrons. The number of aromatic nitrogens is 1. The normalized spacial score (nSPS) is 11.7. The maximum atomic E-state index is 11.3. The lowest BCUT2D eigenvalue weighted by atomic mass is 9.92. The number of carbonyl (C=O) groups is 1. The second-order valence-electron chi connectivity index (χ2n) is 3.15. The Kier molecular flexibility index (Phi) is 3.81. The lowest BCUT2D eigenvalue weighted by Crippen LogP contribution is -2.08. The van der Waals surface area contributed by atoms with E-state index in [4.69, 9.17) is 5.26 Å². The van der Waals surface area contributed by atoms with Crippen LogP contribution in [0.2, 0.25) is 0 Å². The molecule has 0 spiro atoms. The molecule has 1 heterocycles. The molecule has 0 saturated carbocycles. The molecule has 3 heteroatoms. The van der Waals surface area contributed by atoms with Crippen molar-refractivity contribution in [2.24, 2.45) is 0 Å². The zero-order valence-electron chi connectivity index (χ0n) is 8.10. The number of rotatable bonds is 4. The Hall–Kier alpha value is -1.69. The van der Waals surface area contributed by atoms with Gasteiger partial charge < -0.3 is 0 Å². The SMILES string of the molecule is CC(=O)C(CCC#N)c1cccnc1. The minimum absolute atomic E-state index is 0.0910. The second-order valence-corrected chi connectivity index (χ2v) is 3.15. The smallest absolute Gasteiger partial charge is 0.137 e. The molecule has 1 aromatic heterocycles. The average molecular weight is 188 g/mol. The van der Waals surface area contributed by atoms with Crippen molar-refractivity contribution in [2.45, 2.75) is 25.7 Å². The number of hydrogen-bond acceptors (Lipinski definition) is 3. The van der Waals surface area contributed by atoms with E-state index in [0.29, 0.717) is 12.8 Å².